The van der Waals surface area contributed by atoms with Crippen molar-refractivity contribution < 1.29 is 17.9 Å². The molecule has 0 spiro atoms. The molecule has 0 aromatic heterocycles. The Morgan fingerprint density at radius 1 is 1.47 bits per heavy atom. The summed E-state index contributed by atoms with van der Waals surface area (Å²) in [7, 11) is -2.59. The molecule has 7 heteroatoms. The molecule has 0 aliphatic carbocycles. The third kappa shape index (κ3) is 3.69. The van der Waals surface area contributed by atoms with Crippen LogP contribution in [-0.4, -0.2) is 27.5 Å². The van der Waals surface area contributed by atoms with E-state index in [-0.39, 0.29) is 4.90 Å². The minimum absolute atomic E-state index is 0.000697. The molecule has 0 unspecified atom stereocenters. The van der Waals surface area contributed by atoms with Gasteiger partial charge in [-0.05, 0) is 25.1 Å². The molecule has 0 aliphatic rings. The van der Waals surface area contributed by atoms with Crippen LogP contribution in [0.2, 0.25) is 5.02 Å². The number of ether oxygens (including phenoxy) is 1. The molecule has 0 heterocycles. The lowest BCUT2D eigenvalue weighted by molar-refractivity contribution is -0.142. The number of carbonyl (C=O) groups is 1. The Bertz CT molecular complexity index is 515. The standard InChI is InChI=1S/C10H12ClNO4S/c1-7(10(13)16-2)12-17(14,15)9-5-3-4-8(11)6-9/h3-7,12H,1-2H3/t7-/m0/s1. The number of rotatable bonds is 4. The lowest BCUT2D eigenvalue weighted by atomic mass is 10.4. The first-order chi connectivity index (χ1) is 7.86. The molecule has 0 fully saturated rings. The molecule has 1 rings (SSSR count). The maximum absolute atomic E-state index is 11.8. The Hall–Kier alpha value is -1.11. The minimum Gasteiger partial charge on any atom is -0.468 e. The highest BCUT2D eigenvalue weighted by atomic mass is 35.5. The van der Waals surface area contributed by atoms with Crippen LogP contribution in [0.3, 0.4) is 0 Å². The van der Waals surface area contributed by atoms with Crippen LogP contribution in [0.15, 0.2) is 29.2 Å². The number of hydrogen-bond donors (Lipinski definition) is 1. The summed E-state index contributed by atoms with van der Waals surface area (Å²) in [5, 5.41) is 0.304. The quantitative estimate of drug-likeness (QED) is 0.839. The van der Waals surface area contributed by atoms with E-state index >= 15 is 0 Å². The monoisotopic (exact) mass is 277 g/mol. The van der Waals surface area contributed by atoms with Gasteiger partial charge in [-0.1, -0.05) is 17.7 Å². The molecule has 17 heavy (non-hydrogen) atoms. The summed E-state index contributed by atoms with van der Waals surface area (Å²) < 4.78 is 30.3. The SMILES string of the molecule is COC(=O)[C@H](C)NS(=O)(=O)c1cccc(Cl)c1. The highest BCUT2D eigenvalue weighted by molar-refractivity contribution is 7.89. The Morgan fingerprint density at radius 2 is 2.12 bits per heavy atom. The Morgan fingerprint density at radius 3 is 2.65 bits per heavy atom. The van der Waals surface area contributed by atoms with Crippen LogP contribution >= 0.6 is 11.6 Å². The topological polar surface area (TPSA) is 72.5 Å². The first-order valence-corrected chi connectivity index (χ1v) is 6.58. The lowest BCUT2D eigenvalue weighted by Crippen LogP contribution is -2.39. The Labute approximate surface area is 105 Å². The van der Waals surface area contributed by atoms with Crippen LogP contribution in [0, 0.1) is 0 Å². The number of benzene rings is 1. The van der Waals surface area contributed by atoms with Crippen LogP contribution in [-0.2, 0) is 19.6 Å². The minimum atomic E-state index is -3.77. The van der Waals surface area contributed by atoms with Gasteiger partial charge in [-0.25, -0.2) is 8.42 Å². The number of sulfonamides is 1. The molecule has 0 saturated heterocycles. The van der Waals surface area contributed by atoms with E-state index in [1.165, 1.54) is 32.2 Å². The summed E-state index contributed by atoms with van der Waals surface area (Å²) in [6, 6.07) is 4.81. The first kappa shape index (κ1) is 14.0. The van der Waals surface area contributed by atoms with Crippen molar-refractivity contribution in [3.05, 3.63) is 29.3 Å². The molecule has 5 nitrogen and oxygen atoms in total. The van der Waals surface area contributed by atoms with Gasteiger partial charge in [0.05, 0.1) is 12.0 Å². The summed E-state index contributed by atoms with van der Waals surface area (Å²) in [5.41, 5.74) is 0. The summed E-state index contributed by atoms with van der Waals surface area (Å²) in [6.07, 6.45) is 0. The Kier molecular flexibility index (Phi) is 4.50. The molecule has 0 amide bonds. The molecule has 1 aromatic carbocycles. The molecule has 1 atom stereocenters. The highest BCUT2D eigenvalue weighted by Gasteiger charge is 2.22. The number of esters is 1. The fraction of sp³-hybridized carbons (Fsp3) is 0.300. The summed E-state index contributed by atoms with van der Waals surface area (Å²) in [6.45, 7) is 1.40. The molecule has 94 valence electrons. The smallest absolute Gasteiger partial charge is 0.323 e. The molecule has 0 bridgehead atoms. The molecular formula is C10H12ClNO4S. The lowest BCUT2D eigenvalue weighted by Gasteiger charge is -2.12. The van der Waals surface area contributed by atoms with E-state index in [0.717, 1.165) is 0 Å². The molecule has 1 aromatic rings. The van der Waals surface area contributed by atoms with Crippen molar-refractivity contribution >= 4 is 27.6 Å². The van der Waals surface area contributed by atoms with Gasteiger partial charge < -0.3 is 4.74 Å². The summed E-state index contributed by atoms with van der Waals surface area (Å²) in [5.74, 6) is -0.657. The Balaban J connectivity index is 2.93. The van der Waals surface area contributed by atoms with E-state index in [1.54, 1.807) is 6.07 Å². The van der Waals surface area contributed by atoms with E-state index in [4.69, 9.17) is 11.6 Å². The maximum Gasteiger partial charge on any atom is 0.323 e. The van der Waals surface area contributed by atoms with Crippen LogP contribution in [0.4, 0.5) is 0 Å². The van der Waals surface area contributed by atoms with Crippen molar-refractivity contribution in [2.24, 2.45) is 0 Å². The van der Waals surface area contributed by atoms with Crippen molar-refractivity contribution in [3.63, 3.8) is 0 Å². The van der Waals surface area contributed by atoms with Gasteiger partial charge in [0.2, 0.25) is 10.0 Å². The predicted octanol–water partition coefficient (Wildman–Crippen LogP) is 1.18. The third-order valence-electron chi connectivity index (χ3n) is 1.99. The van der Waals surface area contributed by atoms with Crippen molar-refractivity contribution in [1.29, 1.82) is 0 Å². The van der Waals surface area contributed by atoms with E-state index in [2.05, 4.69) is 9.46 Å². The number of hydrogen-bond acceptors (Lipinski definition) is 4. The van der Waals surface area contributed by atoms with Crippen LogP contribution in [0.25, 0.3) is 0 Å². The number of halogens is 1. The van der Waals surface area contributed by atoms with Gasteiger partial charge in [0, 0.05) is 5.02 Å². The van der Waals surface area contributed by atoms with E-state index < -0.39 is 22.0 Å². The van der Waals surface area contributed by atoms with E-state index in [1.807, 2.05) is 0 Å². The van der Waals surface area contributed by atoms with Crippen molar-refractivity contribution in [2.75, 3.05) is 7.11 Å². The average molecular weight is 278 g/mol. The van der Waals surface area contributed by atoms with Gasteiger partial charge in [-0.15, -0.1) is 0 Å². The maximum atomic E-state index is 11.8. The zero-order valence-electron chi connectivity index (χ0n) is 9.31. The van der Waals surface area contributed by atoms with Crippen LogP contribution < -0.4 is 4.72 Å². The van der Waals surface area contributed by atoms with Crippen molar-refractivity contribution in [1.82, 2.24) is 4.72 Å². The second kappa shape index (κ2) is 5.48. The van der Waals surface area contributed by atoms with Crippen LogP contribution in [0.1, 0.15) is 6.92 Å². The van der Waals surface area contributed by atoms with Gasteiger partial charge in [-0.3, -0.25) is 4.79 Å². The molecule has 0 saturated carbocycles. The highest BCUT2D eigenvalue weighted by Crippen LogP contribution is 2.15. The van der Waals surface area contributed by atoms with Crippen molar-refractivity contribution in [2.45, 2.75) is 17.9 Å². The zero-order valence-corrected chi connectivity index (χ0v) is 10.9. The summed E-state index contributed by atoms with van der Waals surface area (Å²) >= 11 is 5.69. The van der Waals surface area contributed by atoms with Gasteiger partial charge >= 0.3 is 5.97 Å². The van der Waals surface area contributed by atoms with Gasteiger partial charge in [0.25, 0.3) is 0 Å². The summed E-state index contributed by atoms with van der Waals surface area (Å²) in [4.78, 5) is 11.1. The number of methoxy groups -OCH3 is 1. The fourth-order valence-electron chi connectivity index (χ4n) is 1.16. The fourth-order valence-corrected chi connectivity index (χ4v) is 2.65. The normalized spacial score (nSPS) is 13.1. The third-order valence-corrected chi connectivity index (χ3v) is 3.77. The van der Waals surface area contributed by atoms with Crippen LogP contribution in [0.5, 0.6) is 0 Å². The van der Waals surface area contributed by atoms with E-state index in [0.29, 0.717) is 5.02 Å². The van der Waals surface area contributed by atoms with E-state index in [9.17, 15) is 13.2 Å². The first-order valence-electron chi connectivity index (χ1n) is 4.72. The second-order valence-electron chi connectivity index (χ2n) is 3.32. The second-order valence-corrected chi connectivity index (χ2v) is 5.47. The largest absolute Gasteiger partial charge is 0.468 e. The number of carbonyl (C=O) groups excluding carboxylic acids is 1. The molecular weight excluding hydrogens is 266 g/mol. The van der Waals surface area contributed by atoms with Gasteiger partial charge in [0.1, 0.15) is 6.04 Å². The van der Waals surface area contributed by atoms with Gasteiger partial charge in [0.15, 0.2) is 0 Å². The molecule has 0 aliphatic heterocycles. The van der Waals surface area contributed by atoms with Crippen molar-refractivity contribution in [3.8, 4) is 0 Å². The average Bonchev–Trinajstić information content (AvgIpc) is 2.27. The molecule has 0 radical (unpaired) electrons. The molecule has 1 N–H and O–H groups in total. The number of nitrogens with one attached hydrogen (secondary N) is 1. The predicted molar refractivity (Wildman–Crippen MR) is 63.3 cm³/mol. The zero-order chi connectivity index (χ0) is 13.1. The van der Waals surface area contributed by atoms with Gasteiger partial charge in [-0.2, -0.15) is 4.72 Å².